The van der Waals surface area contributed by atoms with Crippen molar-refractivity contribution >= 4 is 27.5 Å². The van der Waals surface area contributed by atoms with E-state index in [2.05, 4.69) is 31.2 Å². The predicted octanol–water partition coefficient (Wildman–Crippen LogP) is 3.79. The maximum absolute atomic E-state index is 6.07. The van der Waals surface area contributed by atoms with Crippen LogP contribution in [0.1, 0.15) is 12.6 Å². The molecule has 0 amide bonds. The van der Waals surface area contributed by atoms with Gasteiger partial charge in [-0.05, 0) is 24.7 Å². The highest BCUT2D eigenvalue weighted by molar-refractivity contribution is 9.10. The summed E-state index contributed by atoms with van der Waals surface area (Å²) in [6.07, 6.45) is 3.27. The zero-order valence-electron chi connectivity index (χ0n) is 10.4. The maximum atomic E-state index is 6.07. The number of ether oxygens (including phenoxy) is 1. The highest BCUT2D eigenvalue weighted by Gasteiger charge is 2.05. The quantitative estimate of drug-likeness (QED) is 0.898. The Hall–Kier alpha value is -1.17. The first-order valence-corrected chi connectivity index (χ1v) is 7.00. The predicted molar refractivity (Wildman–Crippen MR) is 78.6 cm³/mol. The van der Waals surface area contributed by atoms with E-state index in [4.69, 9.17) is 16.3 Å². The van der Waals surface area contributed by atoms with Gasteiger partial charge < -0.3 is 10.1 Å². The van der Waals surface area contributed by atoms with E-state index in [0.29, 0.717) is 23.2 Å². The van der Waals surface area contributed by atoms with Gasteiger partial charge in [-0.2, -0.15) is 0 Å². The van der Waals surface area contributed by atoms with Gasteiger partial charge in [-0.3, -0.25) is 4.98 Å². The van der Waals surface area contributed by atoms with Crippen molar-refractivity contribution in [1.82, 2.24) is 15.3 Å². The van der Waals surface area contributed by atoms with E-state index in [1.807, 2.05) is 13.0 Å². The first kappa shape index (κ1) is 14.2. The Labute approximate surface area is 125 Å². The van der Waals surface area contributed by atoms with Gasteiger partial charge in [-0.1, -0.05) is 34.5 Å². The Balaban J connectivity index is 2.06. The molecular weight excluding hydrogens is 330 g/mol. The fourth-order valence-electron chi connectivity index (χ4n) is 1.41. The monoisotopic (exact) mass is 341 g/mol. The lowest BCUT2D eigenvalue weighted by atomic mass is 10.3. The van der Waals surface area contributed by atoms with Gasteiger partial charge >= 0.3 is 0 Å². The number of hydrogen-bond donors (Lipinski definition) is 1. The van der Waals surface area contributed by atoms with E-state index in [-0.39, 0.29) is 0 Å². The molecule has 0 fully saturated rings. The van der Waals surface area contributed by atoms with Gasteiger partial charge in [0.05, 0.1) is 23.1 Å². The molecule has 1 aromatic heterocycles. The highest BCUT2D eigenvalue weighted by atomic mass is 79.9. The zero-order chi connectivity index (χ0) is 13.7. The molecule has 0 spiro atoms. The largest absolute Gasteiger partial charge is 0.436 e. The first-order valence-electron chi connectivity index (χ1n) is 5.83. The maximum Gasteiger partial charge on any atom is 0.237 e. The second kappa shape index (κ2) is 6.84. The van der Waals surface area contributed by atoms with Crippen LogP contribution in [-0.2, 0) is 6.54 Å². The summed E-state index contributed by atoms with van der Waals surface area (Å²) in [4.78, 5) is 8.45. The van der Waals surface area contributed by atoms with Crippen LogP contribution in [0, 0.1) is 0 Å². The second-order valence-corrected chi connectivity index (χ2v) is 5.13. The Morgan fingerprint density at radius 1 is 1.32 bits per heavy atom. The van der Waals surface area contributed by atoms with Crippen molar-refractivity contribution in [2.75, 3.05) is 6.54 Å². The molecule has 2 aromatic rings. The lowest BCUT2D eigenvalue weighted by Gasteiger charge is -2.07. The van der Waals surface area contributed by atoms with Crippen LogP contribution >= 0.6 is 27.5 Å². The van der Waals surface area contributed by atoms with Gasteiger partial charge in [0, 0.05) is 11.0 Å². The van der Waals surface area contributed by atoms with Crippen LogP contribution in [0.3, 0.4) is 0 Å². The fourth-order valence-corrected chi connectivity index (χ4v) is 2.12. The third kappa shape index (κ3) is 4.16. The van der Waals surface area contributed by atoms with Crippen LogP contribution in [0.15, 0.2) is 35.1 Å². The number of aromatic nitrogens is 2. The SMILES string of the molecule is CCNCc1cnc(Oc2ccc(Br)cc2Cl)cn1. The molecule has 0 atom stereocenters. The number of nitrogens with one attached hydrogen (secondary N) is 1. The minimum atomic E-state index is 0.421. The number of benzene rings is 1. The highest BCUT2D eigenvalue weighted by Crippen LogP contribution is 2.30. The zero-order valence-corrected chi connectivity index (χ0v) is 12.7. The van der Waals surface area contributed by atoms with Crippen molar-refractivity contribution in [2.45, 2.75) is 13.5 Å². The molecule has 0 unspecified atom stereocenters. The molecular formula is C13H13BrClN3O. The van der Waals surface area contributed by atoms with Gasteiger partial charge in [-0.15, -0.1) is 0 Å². The lowest BCUT2D eigenvalue weighted by Crippen LogP contribution is -2.13. The van der Waals surface area contributed by atoms with Crippen LogP contribution in [0.25, 0.3) is 0 Å². The van der Waals surface area contributed by atoms with Crippen LogP contribution in [0.5, 0.6) is 11.6 Å². The minimum Gasteiger partial charge on any atom is -0.436 e. The van der Waals surface area contributed by atoms with Gasteiger partial charge in [0.25, 0.3) is 0 Å². The summed E-state index contributed by atoms with van der Waals surface area (Å²) in [5.41, 5.74) is 0.871. The lowest BCUT2D eigenvalue weighted by molar-refractivity contribution is 0.459. The van der Waals surface area contributed by atoms with E-state index < -0.39 is 0 Å². The van der Waals surface area contributed by atoms with Crippen molar-refractivity contribution in [3.8, 4) is 11.6 Å². The van der Waals surface area contributed by atoms with E-state index >= 15 is 0 Å². The number of hydrogen-bond acceptors (Lipinski definition) is 4. The minimum absolute atomic E-state index is 0.421. The molecule has 19 heavy (non-hydrogen) atoms. The average molecular weight is 343 g/mol. The van der Waals surface area contributed by atoms with Gasteiger partial charge in [0.2, 0.25) is 5.88 Å². The topological polar surface area (TPSA) is 47.0 Å². The Kier molecular flexibility index (Phi) is 5.13. The van der Waals surface area contributed by atoms with E-state index in [1.165, 1.54) is 0 Å². The second-order valence-electron chi connectivity index (χ2n) is 3.80. The molecule has 0 saturated carbocycles. The fraction of sp³-hybridized carbons (Fsp3) is 0.231. The molecule has 2 rings (SSSR count). The summed E-state index contributed by atoms with van der Waals surface area (Å²) < 4.78 is 6.48. The standard InChI is InChI=1S/C13H13BrClN3O/c1-2-16-6-10-7-18-13(8-17-10)19-12-4-3-9(14)5-11(12)15/h3-5,7-8,16H,2,6H2,1H3. The Morgan fingerprint density at radius 2 is 2.16 bits per heavy atom. The summed E-state index contributed by atoms with van der Waals surface area (Å²) >= 11 is 9.41. The molecule has 4 nitrogen and oxygen atoms in total. The van der Waals surface area contributed by atoms with Crippen molar-refractivity contribution in [3.05, 3.63) is 45.8 Å². The van der Waals surface area contributed by atoms with Crippen LogP contribution < -0.4 is 10.1 Å². The molecule has 1 heterocycles. The third-order valence-electron chi connectivity index (χ3n) is 2.35. The van der Waals surface area contributed by atoms with Gasteiger partial charge in [0.15, 0.2) is 0 Å². The van der Waals surface area contributed by atoms with E-state index in [0.717, 1.165) is 16.7 Å². The molecule has 100 valence electrons. The molecule has 0 aliphatic heterocycles. The third-order valence-corrected chi connectivity index (χ3v) is 3.13. The molecule has 0 aliphatic rings. The molecule has 0 radical (unpaired) electrons. The van der Waals surface area contributed by atoms with E-state index in [9.17, 15) is 0 Å². The summed E-state index contributed by atoms with van der Waals surface area (Å²) in [7, 11) is 0. The van der Waals surface area contributed by atoms with Gasteiger partial charge in [0.1, 0.15) is 5.75 Å². The summed E-state index contributed by atoms with van der Waals surface area (Å²) in [6, 6.07) is 5.40. The first-order chi connectivity index (χ1) is 9.19. The van der Waals surface area contributed by atoms with Crippen LogP contribution in [0.2, 0.25) is 5.02 Å². The summed E-state index contributed by atoms with van der Waals surface area (Å²) in [5, 5.41) is 3.70. The molecule has 0 bridgehead atoms. The summed E-state index contributed by atoms with van der Waals surface area (Å²) in [5.74, 6) is 0.975. The number of halogens is 2. The Morgan fingerprint density at radius 3 is 2.79 bits per heavy atom. The Bertz CT molecular complexity index is 548. The average Bonchev–Trinajstić information content (AvgIpc) is 2.41. The number of rotatable bonds is 5. The molecule has 0 saturated heterocycles. The number of nitrogens with zero attached hydrogens (tertiary/aromatic N) is 2. The van der Waals surface area contributed by atoms with Crippen molar-refractivity contribution < 1.29 is 4.74 Å². The smallest absolute Gasteiger partial charge is 0.237 e. The van der Waals surface area contributed by atoms with Crippen molar-refractivity contribution in [1.29, 1.82) is 0 Å². The summed E-state index contributed by atoms with van der Waals surface area (Å²) in [6.45, 7) is 3.64. The van der Waals surface area contributed by atoms with Crippen LogP contribution in [-0.4, -0.2) is 16.5 Å². The van der Waals surface area contributed by atoms with E-state index in [1.54, 1.807) is 24.5 Å². The molecule has 1 N–H and O–H groups in total. The normalized spacial score (nSPS) is 10.5. The van der Waals surface area contributed by atoms with Crippen LogP contribution in [0.4, 0.5) is 0 Å². The molecule has 1 aromatic carbocycles. The van der Waals surface area contributed by atoms with Crippen molar-refractivity contribution in [2.24, 2.45) is 0 Å². The van der Waals surface area contributed by atoms with Crippen molar-refractivity contribution in [3.63, 3.8) is 0 Å². The molecule has 0 aliphatic carbocycles. The van der Waals surface area contributed by atoms with Gasteiger partial charge in [-0.25, -0.2) is 4.98 Å². The molecule has 6 heteroatoms.